The standard InChI is InChI=1S/C14H18F2N6O2.C14H21N5O2S.C13H19FN6O3S.C13H20N6O2S.C12H15F3N6O3S/c1-8-9(10(17)11-12(18-8)20-24-19-11)7-21-3-5-22(6-4-21)13(23)14(2,15)16;1-9-11(12(15)13-14(16-9)18-21-17-13)8-19-6-4-10(5-7-19)22(2,3)20;1-8-10(11(15)12-13(16-8)18-23-17-12)7-19-3-5-20(6-4-19)24(21,22)9(2)14;1-9-10(11(14)12-13(15-9)17-21-16-12)8-18-4-6-19(7-5-18)22(2,3)20;1-7-8(9(16)10-11(17-7)19-24-18-10)6-20-2-4-21(5-3-20)25(22,23)12(13,14)15/h3-7,17H2,1-2H3;10H,2,4-8,15H2,1,3H3;9H,3-7,15H2,1-2H3;2,4-8,14H2,1,3H3;2-6,16H2,1H3. The maximum Gasteiger partial charge on any atom is 0.511 e. The van der Waals surface area contributed by atoms with Crippen LogP contribution in [-0.4, -0.2) is 314 Å². The van der Waals surface area contributed by atoms with Crippen molar-refractivity contribution in [2.45, 2.75) is 116 Å². The van der Waals surface area contributed by atoms with Gasteiger partial charge in [0.05, 0.1) is 28.4 Å². The highest BCUT2D eigenvalue weighted by molar-refractivity contribution is 8.00. The highest BCUT2D eigenvalue weighted by Gasteiger charge is 2.50. The van der Waals surface area contributed by atoms with Crippen LogP contribution in [0.2, 0.25) is 0 Å². The van der Waals surface area contributed by atoms with Crippen LogP contribution in [-0.2, 0) is 76.8 Å². The number of pyridine rings is 5. The van der Waals surface area contributed by atoms with Crippen LogP contribution in [0.25, 0.3) is 55.8 Å². The number of rotatable bonds is 16. The molecule has 15 rings (SSSR count). The Balaban J connectivity index is 0.000000144. The Hall–Kier alpha value is -9.58. The Morgan fingerprint density at radius 1 is 0.419 bits per heavy atom. The van der Waals surface area contributed by atoms with Crippen molar-refractivity contribution in [2.24, 2.45) is 0 Å². The van der Waals surface area contributed by atoms with Gasteiger partial charge in [-0.15, -0.1) is 0 Å². The van der Waals surface area contributed by atoms with Crippen LogP contribution in [0.1, 0.15) is 83.0 Å². The minimum Gasteiger partial charge on any atom is -0.396 e. The molecule has 0 radical (unpaired) electrons. The second kappa shape index (κ2) is 35.5. The lowest BCUT2D eigenvalue weighted by Gasteiger charge is -2.36. The number of alkyl halides is 6. The number of hydrogen-bond acceptors (Lipinski definition) is 37. The molecule has 0 bridgehead atoms. The molecule has 3 unspecified atom stereocenters. The Labute approximate surface area is 667 Å². The summed E-state index contributed by atoms with van der Waals surface area (Å²) in [6, 6.07) is 0. The minimum absolute atomic E-state index is 0.142. The first-order valence-corrected chi connectivity index (χ1v) is 43.9. The largest absolute Gasteiger partial charge is 0.511 e. The van der Waals surface area contributed by atoms with E-state index in [4.69, 9.17) is 37.9 Å². The minimum atomic E-state index is -5.29. The summed E-state index contributed by atoms with van der Waals surface area (Å²) in [6.45, 7) is 21.2. The van der Waals surface area contributed by atoms with Crippen molar-refractivity contribution < 1.29 is 79.5 Å². The van der Waals surface area contributed by atoms with Crippen molar-refractivity contribution in [2.75, 3.05) is 159 Å². The molecule has 117 heavy (non-hydrogen) atoms. The van der Waals surface area contributed by atoms with Gasteiger partial charge in [0.1, 0.15) is 0 Å². The van der Waals surface area contributed by atoms with Crippen molar-refractivity contribution >= 4 is 141 Å². The van der Waals surface area contributed by atoms with Crippen LogP contribution < -0.4 is 28.7 Å². The van der Waals surface area contributed by atoms with Crippen LogP contribution in [0.15, 0.2) is 23.1 Å². The van der Waals surface area contributed by atoms with Crippen molar-refractivity contribution in [1.82, 2.24) is 119 Å². The third-order valence-electron chi connectivity index (χ3n) is 20.9. The summed E-state index contributed by atoms with van der Waals surface area (Å²) in [5.41, 5.74) is 37.9. The SMILES string of the molecule is C=S(C)(=O)C1CCN(Cc2c(C)nc3nonc3c2N)CC1.C=S(C)(=O)N1CCN(Cc2c(C)nc3nonc3c2N)CC1.Cc1nc2nonc2c(N)c1CN1CCN(C(=O)C(C)(F)F)CC1.Cc1nc2nonc2c(N)c1CN1CCN(S(=O)(=O)C(C)F)CC1.Cc1nc2nonc2c(N)c1CN1CCN(S(=O)(=O)C(F)(F)F)CC1. The second-order valence-electron chi connectivity index (χ2n) is 29.2. The number of anilines is 5. The number of hydrogen-bond donors (Lipinski definition) is 5. The number of piperazine rings is 4. The number of fused-ring (bicyclic) bond motifs is 5. The van der Waals surface area contributed by atoms with Gasteiger partial charge in [0.2, 0.25) is 43.8 Å². The number of amides is 1. The van der Waals surface area contributed by atoms with Gasteiger partial charge < -0.3 is 33.6 Å². The van der Waals surface area contributed by atoms with E-state index in [-0.39, 0.29) is 63.3 Å². The summed E-state index contributed by atoms with van der Waals surface area (Å²) in [6.07, 6.45) is 5.24. The molecule has 41 nitrogen and oxygen atoms in total. The van der Waals surface area contributed by atoms with E-state index in [0.717, 1.165) is 98.4 Å². The third-order valence-corrected chi connectivity index (χ3v) is 27.8. The molecule has 1 amide bonds. The number of nitrogens with zero attached hydrogens (tertiary/aromatic N) is 24. The molecule has 5 fully saturated rings. The molecule has 15 heterocycles. The third kappa shape index (κ3) is 20.2. The van der Waals surface area contributed by atoms with Crippen molar-refractivity contribution in [3.05, 3.63) is 56.3 Å². The molecule has 10 N–H and O–H groups in total. The average Bonchev–Trinajstić information content (AvgIpc) is 1.69. The van der Waals surface area contributed by atoms with E-state index in [1.807, 2.05) is 41.8 Å². The van der Waals surface area contributed by atoms with Crippen LogP contribution in [0.3, 0.4) is 0 Å². The normalized spacial score (nSPS) is 18.8. The summed E-state index contributed by atoms with van der Waals surface area (Å²) in [5.74, 6) is 3.09. The monoisotopic (exact) mass is 1730 g/mol. The maximum absolute atomic E-state index is 13.2. The Kier molecular flexibility index (Phi) is 26.8. The van der Waals surface area contributed by atoms with Gasteiger partial charge in [-0.1, -0.05) is 0 Å². The number of nitrogens with two attached hydrogens (primary N) is 5. The molecule has 640 valence electrons. The lowest BCUT2D eigenvalue weighted by molar-refractivity contribution is -0.156. The smallest absolute Gasteiger partial charge is 0.396 e. The predicted octanol–water partition coefficient (Wildman–Crippen LogP) is 2.26. The van der Waals surface area contributed by atoms with Gasteiger partial charge in [-0.05, 0) is 140 Å². The highest BCUT2D eigenvalue weighted by Crippen LogP contribution is 2.33. The quantitative estimate of drug-likeness (QED) is 0.0684. The van der Waals surface area contributed by atoms with Gasteiger partial charge in [-0.2, -0.15) is 30.6 Å². The number of sulfonamides is 2. The Bertz CT molecular complexity index is 5560. The lowest BCUT2D eigenvalue weighted by atomic mass is 10.1. The van der Waals surface area contributed by atoms with Gasteiger partial charge in [0.15, 0.2) is 27.6 Å². The van der Waals surface area contributed by atoms with Crippen molar-refractivity contribution in [3.8, 4) is 0 Å². The van der Waals surface area contributed by atoms with E-state index in [1.165, 1.54) is 9.21 Å². The summed E-state index contributed by atoms with van der Waals surface area (Å²) in [7, 11) is -13.2. The Morgan fingerprint density at radius 3 is 0.906 bits per heavy atom. The first kappa shape index (κ1) is 88.2. The zero-order chi connectivity index (χ0) is 85.2. The van der Waals surface area contributed by atoms with Gasteiger partial charge in [0, 0.05) is 228 Å². The number of halogens is 6. The van der Waals surface area contributed by atoms with E-state index in [0.29, 0.717) is 166 Å². The molecule has 10 aromatic rings. The number of carbonyl (C=O) groups is 1. The fraction of sp³-hybridized carbons (Fsp3) is 0.576. The van der Waals surface area contributed by atoms with E-state index in [2.05, 4.69) is 117 Å². The van der Waals surface area contributed by atoms with Gasteiger partial charge in [0.25, 0.3) is 5.91 Å². The van der Waals surface area contributed by atoms with Crippen LogP contribution in [0.5, 0.6) is 0 Å². The first-order valence-electron chi connectivity index (χ1n) is 36.6. The van der Waals surface area contributed by atoms with Crippen LogP contribution in [0, 0.1) is 34.6 Å². The van der Waals surface area contributed by atoms with Crippen LogP contribution >= 0.6 is 0 Å². The molecule has 5 saturated heterocycles. The predicted molar refractivity (Wildman–Crippen MR) is 422 cm³/mol. The molecule has 0 aliphatic carbocycles. The number of aryl methyl sites for hydroxylation is 5. The topological polar surface area (TPSA) is 538 Å². The molecule has 5 aliphatic rings. The van der Waals surface area contributed by atoms with Crippen LogP contribution in [0.4, 0.5) is 54.8 Å². The maximum atomic E-state index is 13.2. The van der Waals surface area contributed by atoms with Gasteiger partial charge in [-0.3, -0.25) is 37.7 Å². The molecular weight excluding hydrogens is 1630 g/mol. The lowest BCUT2D eigenvalue weighted by Crippen LogP contribution is -2.52. The fourth-order valence-electron chi connectivity index (χ4n) is 13.9. The molecule has 3 atom stereocenters. The zero-order valence-electron chi connectivity index (χ0n) is 65.7. The summed E-state index contributed by atoms with van der Waals surface area (Å²) >= 11 is 0. The fourth-order valence-corrected chi connectivity index (χ4v) is 18.1. The van der Waals surface area contributed by atoms with E-state index < -0.39 is 62.1 Å². The number of aromatic nitrogens is 15. The molecule has 51 heteroatoms. The summed E-state index contributed by atoms with van der Waals surface area (Å²) in [4.78, 5) is 44.9. The van der Waals surface area contributed by atoms with E-state index in [9.17, 15) is 56.4 Å². The number of carbonyl (C=O) groups excluding carboxylic acids is 1. The molecule has 0 aromatic carbocycles. The van der Waals surface area contributed by atoms with E-state index in [1.54, 1.807) is 19.4 Å². The molecule has 0 spiro atoms. The molecule has 10 aromatic heterocycles. The summed E-state index contributed by atoms with van der Waals surface area (Å²) in [5, 5.41) is 37.5. The number of nitrogen functional groups attached to an aromatic ring is 5. The highest BCUT2D eigenvalue weighted by atomic mass is 32.2. The second-order valence-corrected chi connectivity index (χ2v) is 38.6. The summed E-state index contributed by atoms with van der Waals surface area (Å²) < 4.78 is 175. The number of likely N-dealkylation sites (tertiary alicyclic amines) is 1. The van der Waals surface area contributed by atoms with Gasteiger partial charge in [-0.25, -0.2) is 73.6 Å². The zero-order valence-corrected chi connectivity index (χ0v) is 68.9. The van der Waals surface area contributed by atoms with E-state index >= 15 is 0 Å². The molecule has 5 aliphatic heterocycles. The first-order chi connectivity index (χ1) is 54.9. The van der Waals surface area contributed by atoms with Gasteiger partial charge >= 0.3 is 21.5 Å². The Morgan fingerprint density at radius 2 is 0.667 bits per heavy atom. The average molecular weight is 1730 g/mol. The van der Waals surface area contributed by atoms with Crippen molar-refractivity contribution in [3.63, 3.8) is 0 Å². The number of piperidine rings is 1. The van der Waals surface area contributed by atoms with Crippen molar-refractivity contribution in [1.29, 1.82) is 0 Å². The molecule has 0 saturated carbocycles. The molecular formula is C66H93F6N29O12S4.